The van der Waals surface area contributed by atoms with Crippen LogP contribution in [0.25, 0.3) is 0 Å². The smallest absolute Gasteiger partial charge is 0.222 e. The Morgan fingerprint density at radius 2 is 1.80 bits per heavy atom. The molecule has 0 bridgehead atoms. The molecular weight excluding hydrogens is 376 g/mol. The zero-order valence-electron chi connectivity index (χ0n) is 18.1. The highest BCUT2D eigenvalue weighted by molar-refractivity contribution is 5.98. The molecule has 1 aliphatic heterocycles. The lowest BCUT2D eigenvalue weighted by atomic mass is 9.88. The molecule has 2 heterocycles. The molecule has 0 saturated carbocycles. The molecule has 0 aliphatic carbocycles. The number of ketones is 1. The second kappa shape index (κ2) is 9.71. The number of hydrogen-bond donors (Lipinski definition) is 0. The van der Waals surface area contributed by atoms with E-state index >= 15 is 0 Å². The van der Waals surface area contributed by atoms with Crippen molar-refractivity contribution in [1.29, 1.82) is 5.26 Å². The van der Waals surface area contributed by atoms with Crippen LogP contribution in [0, 0.1) is 38.0 Å². The van der Waals surface area contributed by atoms with Crippen molar-refractivity contribution in [1.82, 2.24) is 14.7 Å². The molecular formula is C24H30N4O2. The predicted molar refractivity (Wildman–Crippen MR) is 115 cm³/mol. The number of piperidine rings is 1. The molecule has 1 amide bonds. The number of nitrogens with zero attached hydrogens (tertiary/aromatic N) is 4. The van der Waals surface area contributed by atoms with Crippen molar-refractivity contribution < 1.29 is 9.59 Å². The number of carbonyl (C=O) groups excluding carboxylic acids is 2. The number of carbonyl (C=O) groups is 2. The van der Waals surface area contributed by atoms with Gasteiger partial charge >= 0.3 is 0 Å². The Labute approximate surface area is 178 Å². The molecule has 1 aliphatic rings. The molecule has 1 saturated heterocycles. The normalized spacial score (nSPS) is 14.5. The van der Waals surface area contributed by atoms with Crippen LogP contribution < -0.4 is 0 Å². The van der Waals surface area contributed by atoms with Crippen molar-refractivity contribution in [3.8, 4) is 6.07 Å². The van der Waals surface area contributed by atoms with Gasteiger partial charge in [-0.2, -0.15) is 10.4 Å². The third-order valence-electron chi connectivity index (χ3n) is 6.11. The number of rotatable bonds is 7. The van der Waals surface area contributed by atoms with E-state index in [0.29, 0.717) is 38.9 Å². The zero-order chi connectivity index (χ0) is 21.7. The molecule has 0 radical (unpaired) electrons. The number of aromatic nitrogens is 2. The van der Waals surface area contributed by atoms with E-state index in [1.165, 1.54) is 0 Å². The monoisotopic (exact) mass is 406 g/mol. The third kappa shape index (κ3) is 4.96. The average Bonchev–Trinajstić information content (AvgIpc) is 3.03. The van der Waals surface area contributed by atoms with E-state index in [9.17, 15) is 9.59 Å². The Balaban J connectivity index is 1.51. The summed E-state index contributed by atoms with van der Waals surface area (Å²) in [7, 11) is 0. The van der Waals surface area contributed by atoms with Gasteiger partial charge < -0.3 is 4.90 Å². The molecule has 1 aromatic carbocycles. The maximum Gasteiger partial charge on any atom is 0.222 e. The van der Waals surface area contributed by atoms with Crippen LogP contribution in [-0.2, 0) is 17.8 Å². The minimum absolute atomic E-state index is 0.000360. The van der Waals surface area contributed by atoms with Crippen molar-refractivity contribution in [3.63, 3.8) is 0 Å². The van der Waals surface area contributed by atoms with Gasteiger partial charge in [0.25, 0.3) is 0 Å². The first-order valence-corrected chi connectivity index (χ1v) is 10.7. The average molecular weight is 407 g/mol. The van der Waals surface area contributed by atoms with Crippen LogP contribution in [0.5, 0.6) is 0 Å². The summed E-state index contributed by atoms with van der Waals surface area (Å²) in [6.07, 6.45) is 2.98. The molecule has 30 heavy (non-hydrogen) atoms. The topological polar surface area (TPSA) is 79.0 Å². The molecule has 2 aromatic rings. The van der Waals surface area contributed by atoms with Gasteiger partial charge in [0.2, 0.25) is 5.91 Å². The van der Waals surface area contributed by atoms with Crippen LogP contribution in [0.2, 0.25) is 0 Å². The Morgan fingerprint density at radius 3 is 2.43 bits per heavy atom. The molecule has 0 atom stereocenters. The van der Waals surface area contributed by atoms with Gasteiger partial charge in [0, 0.05) is 36.7 Å². The quantitative estimate of drug-likeness (QED) is 0.656. The Kier molecular flexibility index (Phi) is 7.04. The molecule has 0 spiro atoms. The number of aryl methyl sites for hydroxylation is 3. The van der Waals surface area contributed by atoms with Crippen molar-refractivity contribution in [2.24, 2.45) is 5.92 Å². The predicted octanol–water partition coefficient (Wildman–Crippen LogP) is 3.78. The van der Waals surface area contributed by atoms with Crippen molar-refractivity contribution in [2.45, 2.75) is 59.4 Å². The van der Waals surface area contributed by atoms with Gasteiger partial charge in [-0.1, -0.05) is 29.8 Å². The summed E-state index contributed by atoms with van der Waals surface area (Å²) >= 11 is 0. The van der Waals surface area contributed by atoms with Crippen LogP contribution in [-0.4, -0.2) is 39.5 Å². The second-order valence-corrected chi connectivity index (χ2v) is 8.17. The first-order valence-electron chi connectivity index (χ1n) is 10.7. The maximum absolute atomic E-state index is 12.7. The molecule has 0 N–H and O–H groups in total. The molecule has 158 valence electrons. The lowest BCUT2D eigenvalue weighted by Gasteiger charge is -2.31. The van der Waals surface area contributed by atoms with Gasteiger partial charge in [0.15, 0.2) is 5.78 Å². The molecule has 3 rings (SSSR count). The largest absolute Gasteiger partial charge is 0.343 e. The van der Waals surface area contributed by atoms with Gasteiger partial charge in [-0.05, 0) is 45.6 Å². The fourth-order valence-corrected chi connectivity index (χ4v) is 4.20. The van der Waals surface area contributed by atoms with Gasteiger partial charge in [-0.3, -0.25) is 14.3 Å². The Hall–Kier alpha value is -2.94. The number of benzene rings is 1. The minimum Gasteiger partial charge on any atom is -0.343 e. The van der Waals surface area contributed by atoms with Crippen LogP contribution >= 0.6 is 0 Å². The first kappa shape index (κ1) is 21.8. The second-order valence-electron chi connectivity index (χ2n) is 8.17. The summed E-state index contributed by atoms with van der Waals surface area (Å²) < 4.78 is 1.86. The summed E-state index contributed by atoms with van der Waals surface area (Å²) in [5.74, 6) is 0.331. The molecule has 1 fully saturated rings. The number of hydrogen-bond acceptors (Lipinski definition) is 4. The maximum atomic E-state index is 12.7. The van der Waals surface area contributed by atoms with Crippen molar-refractivity contribution in [3.05, 3.63) is 52.3 Å². The first-order chi connectivity index (χ1) is 14.4. The number of Topliss-reactive ketones (excluding diaryl/α,β-unsaturated/α-hetero) is 1. The zero-order valence-corrected chi connectivity index (χ0v) is 18.1. The van der Waals surface area contributed by atoms with E-state index < -0.39 is 0 Å². The highest BCUT2D eigenvalue weighted by Gasteiger charge is 2.28. The summed E-state index contributed by atoms with van der Waals surface area (Å²) in [5.41, 5.74) is 4.99. The minimum atomic E-state index is -0.000360. The summed E-state index contributed by atoms with van der Waals surface area (Å²) in [5, 5.41) is 13.3. The Bertz CT molecular complexity index is 945. The lowest BCUT2D eigenvalue weighted by molar-refractivity contribution is -0.132. The van der Waals surface area contributed by atoms with E-state index in [1.54, 1.807) is 0 Å². The number of amides is 1. The molecule has 0 unspecified atom stereocenters. The summed E-state index contributed by atoms with van der Waals surface area (Å²) in [4.78, 5) is 27.3. The fraction of sp³-hybridized carbons (Fsp3) is 0.500. The number of nitriles is 1. The third-order valence-corrected chi connectivity index (χ3v) is 6.11. The van der Waals surface area contributed by atoms with Crippen LogP contribution in [0.15, 0.2) is 24.3 Å². The van der Waals surface area contributed by atoms with Crippen LogP contribution in [0.1, 0.15) is 58.6 Å². The fourth-order valence-electron chi connectivity index (χ4n) is 4.20. The van der Waals surface area contributed by atoms with Crippen LogP contribution in [0.4, 0.5) is 0 Å². The van der Waals surface area contributed by atoms with E-state index in [-0.39, 0.29) is 17.6 Å². The van der Waals surface area contributed by atoms with E-state index in [4.69, 9.17) is 5.26 Å². The summed E-state index contributed by atoms with van der Waals surface area (Å²) in [6.45, 7) is 7.83. The highest BCUT2D eigenvalue weighted by Crippen LogP contribution is 2.23. The Morgan fingerprint density at radius 1 is 1.13 bits per heavy atom. The van der Waals surface area contributed by atoms with Gasteiger partial charge in [-0.15, -0.1) is 0 Å². The SMILES string of the molecule is Cc1ccc(C(=O)C2CCN(C(=O)CCc3c(C)nn(CCC#N)c3C)CC2)cc1. The van der Waals surface area contributed by atoms with E-state index in [1.807, 2.05) is 54.6 Å². The summed E-state index contributed by atoms with van der Waals surface area (Å²) in [6, 6.07) is 9.88. The number of likely N-dealkylation sites (tertiary alicyclic amines) is 1. The molecule has 6 nitrogen and oxygen atoms in total. The molecule has 6 heteroatoms. The highest BCUT2D eigenvalue weighted by atomic mass is 16.2. The van der Waals surface area contributed by atoms with Crippen molar-refractivity contribution in [2.75, 3.05) is 13.1 Å². The lowest BCUT2D eigenvalue weighted by Crippen LogP contribution is -2.40. The van der Waals surface area contributed by atoms with Crippen LogP contribution in [0.3, 0.4) is 0 Å². The van der Waals surface area contributed by atoms with Gasteiger partial charge in [-0.25, -0.2) is 0 Å². The molecule has 1 aromatic heterocycles. The van der Waals surface area contributed by atoms with E-state index in [0.717, 1.165) is 40.9 Å². The van der Waals surface area contributed by atoms with Gasteiger partial charge in [0.05, 0.1) is 24.7 Å². The van der Waals surface area contributed by atoms with E-state index in [2.05, 4.69) is 11.2 Å². The van der Waals surface area contributed by atoms with Crippen molar-refractivity contribution >= 4 is 11.7 Å². The van der Waals surface area contributed by atoms with Gasteiger partial charge in [0.1, 0.15) is 0 Å². The standard InChI is InChI=1S/C24H30N4O2/c1-17-5-7-20(8-6-17)24(30)21-11-15-27(16-12-21)23(29)10-9-22-18(2)26-28(19(22)3)14-4-13-25/h5-8,21H,4,9-12,14-16H2,1-3H3.